The summed E-state index contributed by atoms with van der Waals surface area (Å²) in [5.74, 6) is -0.119. The van der Waals surface area contributed by atoms with Gasteiger partial charge in [-0.05, 0) is 6.42 Å². The third kappa shape index (κ3) is 3.12. The van der Waals surface area contributed by atoms with Gasteiger partial charge >= 0.3 is 6.09 Å². The zero-order chi connectivity index (χ0) is 15.4. The van der Waals surface area contributed by atoms with E-state index in [4.69, 9.17) is 4.84 Å². The lowest BCUT2D eigenvalue weighted by molar-refractivity contribution is -0.0752. The van der Waals surface area contributed by atoms with E-state index in [-0.39, 0.29) is 5.78 Å². The molecular formula is C16H19N3O3. The molecule has 22 heavy (non-hydrogen) atoms. The van der Waals surface area contributed by atoms with Gasteiger partial charge in [-0.15, -0.1) is 0 Å². The number of carbonyl (C=O) groups excluding carboxylic acids is 2. The maximum atomic E-state index is 12.5. The van der Waals surface area contributed by atoms with Crippen molar-refractivity contribution in [1.82, 2.24) is 15.3 Å². The second kappa shape index (κ2) is 6.62. The Labute approximate surface area is 129 Å². The number of hydrogen-bond donors (Lipinski definition) is 1. The van der Waals surface area contributed by atoms with Gasteiger partial charge in [-0.3, -0.25) is 4.79 Å². The fourth-order valence-corrected chi connectivity index (χ4v) is 2.58. The lowest BCUT2D eigenvalue weighted by Crippen LogP contribution is -2.48. The minimum absolute atomic E-state index is 0.119. The highest BCUT2D eigenvalue weighted by atomic mass is 16.7. The van der Waals surface area contributed by atoms with Gasteiger partial charge in [0.15, 0.2) is 0 Å². The molecule has 2 aliphatic rings. The van der Waals surface area contributed by atoms with Crippen molar-refractivity contribution in [2.75, 3.05) is 32.7 Å². The van der Waals surface area contributed by atoms with Crippen LogP contribution in [0.15, 0.2) is 42.1 Å². The van der Waals surface area contributed by atoms with E-state index < -0.39 is 6.09 Å². The number of hydrogen-bond acceptors (Lipinski definition) is 5. The van der Waals surface area contributed by atoms with Crippen molar-refractivity contribution in [3.8, 4) is 0 Å². The highest BCUT2D eigenvalue weighted by Crippen LogP contribution is 2.20. The number of hydroxylamine groups is 2. The van der Waals surface area contributed by atoms with Crippen LogP contribution in [0.1, 0.15) is 16.8 Å². The molecule has 1 fully saturated rings. The Hall–Kier alpha value is -2.34. The minimum atomic E-state index is -0.393. The largest absolute Gasteiger partial charge is 0.434 e. The van der Waals surface area contributed by atoms with Crippen LogP contribution in [-0.4, -0.2) is 54.6 Å². The Kier molecular flexibility index (Phi) is 4.39. The summed E-state index contributed by atoms with van der Waals surface area (Å²) in [7, 11) is 0. The van der Waals surface area contributed by atoms with E-state index in [1.54, 1.807) is 17.0 Å². The Morgan fingerprint density at radius 3 is 2.50 bits per heavy atom. The van der Waals surface area contributed by atoms with E-state index in [0.717, 1.165) is 13.1 Å². The average molecular weight is 301 g/mol. The maximum Gasteiger partial charge on any atom is 0.434 e. The smallest absolute Gasteiger partial charge is 0.321 e. The molecule has 0 unspecified atom stereocenters. The van der Waals surface area contributed by atoms with Gasteiger partial charge < -0.3 is 15.1 Å². The fourth-order valence-electron chi connectivity index (χ4n) is 2.58. The number of amides is 1. The quantitative estimate of drug-likeness (QED) is 0.856. The summed E-state index contributed by atoms with van der Waals surface area (Å²) in [6.45, 7) is 3.30. The Morgan fingerprint density at radius 2 is 1.77 bits per heavy atom. The zero-order valence-corrected chi connectivity index (χ0v) is 12.3. The van der Waals surface area contributed by atoms with Crippen molar-refractivity contribution in [1.29, 1.82) is 0 Å². The Morgan fingerprint density at radius 1 is 1.05 bits per heavy atom. The van der Waals surface area contributed by atoms with Gasteiger partial charge in [0.05, 0.1) is 6.54 Å². The van der Waals surface area contributed by atoms with Gasteiger partial charge in [0.25, 0.3) is 0 Å². The van der Waals surface area contributed by atoms with Crippen molar-refractivity contribution in [3.05, 3.63) is 47.7 Å². The first-order chi connectivity index (χ1) is 10.8. The molecule has 2 heterocycles. The third-order valence-electron chi connectivity index (χ3n) is 3.77. The Balaban J connectivity index is 1.65. The third-order valence-corrected chi connectivity index (χ3v) is 3.77. The standard InChI is InChI=1S/C16H19N3O3/c20-15(13-5-2-1-3-6-13)14-7-4-10-19(14)22-16(21)18-11-8-17-9-12-18/h1-3,5-7,17H,4,8-12H2. The number of allylic oxidation sites excluding steroid dienone is 1. The van der Waals surface area contributed by atoms with Gasteiger partial charge in [0, 0.05) is 31.7 Å². The number of piperazine rings is 1. The lowest BCUT2D eigenvalue weighted by atomic mass is 10.1. The first-order valence-corrected chi connectivity index (χ1v) is 7.51. The maximum absolute atomic E-state index is 12.5. The molecule has 0 spiro atoms. The van der Waals surface area contributed by atoms with Crippen molar-refractivity contribution in [2.24, 2.45) is 0 Å². The molecule has 0 aromatic heterocycles. The summed E-state index contributed by atoms with van der Waals surface area (Å²) in [4.78, 5) is 31.7. The summed E-state index contributed by atoms with van der Waals surface area (Å²) in [5.41, 5.74) is 1.04. The molecular weight excluding hydrogens is 282 g/mol. The SMILES string of the molecule is O=C(C1=CCCN1OC(=O)N1CCNCC1)c1ccccc1. The van der Waals surface area contributed by atoms with Crippen molar-refractivity contribution in [3.63, 3.8) is 0 Å². The average Bonchev–Trinajstić information content (AvgIpc) is 3.04. The van der Waals surface area contributed by atoms with E-state index in [1.165, 1.54) is 5.06 Å². The fraction of sp³-hybridized carbons (Fsp3) is 0.375. The molecule has 1 N–H and O–H groups in total. The van der Waals surface area contributed by atoms with Crippen molar-refractivity contribution >= 4 is 11.9 Å². The van der Waals surface area contributed by atoms with Gasteiger partial charge in [0.2, 0.25) is 5.78 Å². The second-order valence-electron chi connectivity index (χ2n) is 5.27. The number of ketones is 1. The van der Waals surface area contributed by atoms with Crippen LogP contribution in [0, 0.1) is 0 Å². The van der Waals surface area contributed by atoms with E-state index in [9.17, 15) is 9.59 Å². The molecule has 3 rings (SSSR count). The second-order valence-corrected chi connectivity index (χ2v) is 5.27. The molecule has 0 radical (unpaired) electrons. The van der Waals surface area contributed by atoms with Crippen LogP contribution in [0.2, 0.25) is 0 Å². The summed E-state index contributed by atoms with van der Waals surface area (Å²) in [6, 6.07) is 9.03. The summed E-state index contributed by atoms with van der Waals surface area (Å²) in [5, 5.41) is 4.60. The predicted molar refractivity (Wildman–Crippen MR) is 81.1 cm³/mol. The summed E-state index contributed by atoms with van der Waals surface area (Å²) in [6.07, 6.45) is 2.12. The monoisotopic (exact) mass is 301 g/mol. The summed E-state index contributed by atoms with van der Waals surface area (Å²) >= 11 is 0. The number of nitrogens with one attached hydrogen (secondary N) is 1. The molecule has 0 bridgehead atoms. The topological polar surface area (TPSA) is 61.9 Å². The molecule has 2 aliphatic heterocycles. The van der Waals surface area contributed by atoms with E-state index >= 15 is 0 Å². The highest BCUT2D eigenvalue weighted by molar-refractivity contribution is 6.08. The van der Waals surface area contributed by atoms with Crippen molar-refractivity contribution in [2.45, 2.75) is 6.42 Å². The molecule has 6 nitrogen and oxygen atoms in total. The van der Waals surface area contributed by atoms with Crippen molar-refractivity contribution < 1.29 is 14.4 Å². The molecule has 1 aromatic rings. The first kappa shape index (κ1) is 14.6. The number of carbonyl (C=O) groups is 2. The van der Waals surface area contributed by atoms with Crippen LogP contribution in [0.25, 0.3) is 0 Å². The number of Topliss-reactive ketones (excluding diaryl/α,β-unsaturated/α-hetero) is 1. The van der Waals surface area contributed by atoms with E-state index in [2.05, 4.69) is 5.32 Å². The van der Waals surface area contributed by atoms with Crippen LogP contribution in [0.4, 0.5) is 4.79 Å². The molecule has 0 atom stereocenters. The first-order valence-electron chi connectivity index (χ1n) is 7.51. The molecule has 0 aliphatic carbocycles. The Bertz CT molecular complexity index is 580. The van der Waals surface area contributed by atoms with Crippen LogP contribution in [-0.2, 0) is 4.84 Å². The number of nitrogens with zero attached hydrogens (tertiary/aromatic N) is 2. The summed E-state index contributed by atoms with van der Waals surface area (Å²) < 4.78 is 0. The van der Waals surface area contributed by atoms with Gasteiger partial charge in [-0.25, -0.2) is 9.86 Å². The lowest BCUT2D eigenvalue weighted by Gasteiger charge is -2.29. The number of benzene rings is 1. The normalized spacial score (nSPS) is 18.1. The van der Waals surface area contributed by atoms with Gasteiger partial charge in [0.1, 0.15) is 5.70 Å². The van der Waals surface area contributed by atoms with Crippen LogP contribution in [0.3, 0.4) is 0 Å². The van der Waals surface area contributed by atoms with E-state index in [1.807, 2.05) is 24.3 Å². The molecule has 1 saturated heterocycles. The van der Waals surface area contributed by atoms with E-state index in [0.29, 0.717) is 37.3 Å². The minimum Gasteiger partial charge on any atom is -0.321 e. The molecule has 1 aromatic carbocycles. The van der Waals surface area contributed by atoms with Crippen LogP contribution in [0.5, 0.6) is 0 Å². The number of rotatable bonds is 3. The highest BCUT2D eigenvalue weighted by Gasteiger charge is 2.28. The van der Waals surface area contributed by atoms with Crippen LogP contribution < -0.4 is 5.32 Å². The van der Waals surface area contributed by atoms with Gasteiger partial charge in [-0.1, -0.05) is 36.4 Å². The van der Waals surface area contributed by atoms with Crippen LogP contribution >= 0.6 is 0 Å². The molecule has 116 valence electrons. The molecule has 6 heteroatoms. The predicted octanol–water partition coefficient (Wildman–Crippen LogP) is 1.42. The molecule has 0 saturated carbocycles. The van der Waals surface area contributed by atoms with Gasteiger partial charge in [-0.2, -0.15) is 0 Å². The zero-order valence-electron chi connectivity index (χ0n) is 12.3. The molecule has 1 amide bonds.